The van der Waals surface area contributed by atoms with Gasteiger partial charge in [-0.1, -0.05) is 6.42 Å². The average molecular weight is 438 g/mol. The maximum Gasteiger partial charge on any atom is 0.225 e. The molecule has 1 aromatic carbocycles. The minimum atomic E-state index is -0.713. The third-order valence-corrected chi connectivity index (χ3v) is 5.71. The Labute approximate surface area is 182 Å². The summed E-state index contributed by atoms with van der Waals surface area (Å²) in [5.41, 5.74) is 0. The number of halogens is 2. The Hall–Kier alpha value is -2.42. The van der Waals surface area contributed by atoms with Gasteiger partial charge in [-0.3, -0.25) is 14.7 Å². The Morgan fingerprint density at radius 2 is 1.97 bits per heavy atom. The van der Waals surface area contributed by atoms with Crippen molar-refractivity contribution in [2.75, 3.05) is 59.0 Å². The highest BCUT2D eigenvalue weighted by atomic mass is 19.1. The Morgan fingerprint density at radius 3 is 2.61 bits per heavy atom. The molecule has 0 unspecified atom stereocenters. The molecule has 2 fully saturated rings. The summed E-state index contributed by atoms with van der Waals surface area (Å²) in [6.45, 7) is 8.21. The van der Waals surface area contributed by atoms with Crippen molar-refractivity contribution in [1.29, 1.82) is 0 Å². The molecule has 1 aliphatic carbocycles. The van der Waals surface area contributed by atoms with Gasteiger partial charge in [0.2, 0.25) is 5.91 Å². The molecule has 0 aromatic heterocycles. The Balaban J connectivity index is 1.34. The Kier molecular flexibility index (Phi) is 8.87. The lowest BCUT2D eigenvalue weighted by atomic mass is 9.84. The molecule has 7 nitrogen and oxygen atoms in total. The lowest BCUT2D eigenvalue weighted by Crippen LogP contribution is -2.51. The van der Waals surface area contributed by atoms with Crippen LogP contribution in [0.4, 0.5) is 8.78 Å². The average Bonchev–Trinajstić information content (AvgIpc) is 2.71. The molecular weight excluding hydrogens is 404 g/mol. The summed E-state index contributed by atoms with van der Waals surface area (Å²) >= 11 is 0. The van der Waals surface area contributed by atoms with E-state index in [1.807, 2.05) is 11.8 Å². The van der Waals surface area contributed by atoms with Crippen molar-refractivity contribution in [2.24, 2.45) is 10.9 Å². The van der Waals surface area contributed by atoms with E-state index in [1.54, 1.807) is 0 Å². The molecule has 2 N–H and O–H groups in total. The summed E-state index contributed by atoms with van der Waals surface area (Å²) in [5, 5.41) is 6.33. The van der Waals surface area contributed by atoms with Crippen molar-refractivity contribution in [3.05, 3.63) is 29.8 Å². The van der Waals surface area contributed by atoms with Crippen LogP contribution in [0.3, 0.4) is 0 Å². The molecule has 1 saturated carbocycles. The second kappa shape index (κ2) is 11.8. The molecule has 1 saturated heterocycles. The monoisotopic (exact) mass is 437 g/mol. The molecule has 1 amide bonds. The highest BCUT2D eigenvalue weighted by molar-refractivity contribution is 5.80. The van der Waals surface area contributed by atoms with Gasteiger partial charge in [0.1, 0.15) is 12.4 Å². The number of nitrogens with zero attached hydrogens (tertiary/aromatic N) is 3. The minimum absolute atomic E-state index is 0.0278. The normalized spacial score (nSPS) is 17.9. The predicted molar refractivity (Wildman–Crippen MR) is 116 cm³/mol. The van der Waals surface area contributed by atoms with Crippen LogP contribution in [-0.4, -0.2) is 80.6 Å². The number of hydrogen-bond donors (Lipinski definition) is 2. The van der Waals surface area contributed by atoms with E-state index in [1.165, 1.54) is 18.6 Å². The van der Waals surface area contributed by atoms with Crippen molar-refractivity contribution < 1.29 is 18.3 Å². The van der Waals surface area contributed by atoms with Crippen LogP contribution in [0.5, 0.6) is 5.75 Å². The fourth-order valence-electron chi connectivity index (χ4n) is 3.67. The molecule has 0 atom stereocenters. The minimum Gasteiger partial charge on any atom is -0.489 e. The number of nitrogens with one attached hydrogen (secondary N) is 2. The zero-order chi connectivity index (χ0) is 22.1. The van der Waals surface area contributed by atoms with Crippen molar-refractivity contribution >= 4 is 11.9 Å². The molecule has 31 heavy (non-hydrogen) atoms. The van der Waals surface area contributed by atoms with Crippen LogP contribution < -0.4 is 15.4 Å². The second-order valence-corrected chi connectivity index (χ2v) is 7.91. The standard InChI is InChI=1S/C22H33F2N5O2/c1-2-25-22(27-9-15-31-20-7-6-18(23)16-19(20)24)26-8-10-28-11-13-29(14-12-28)21(30)17-4-3-5-17/h6-7,16-17H,2-5,8-15H2,1H3,(H2,25,26,27). The van der Waals surface area contributed by atoms with E-state index < -0.39 is 11.6 Å². The molecule has 1 aromatic rings. The molecule has 3 rings (SSSR count). The van der Waals surface area contributed by atoms with Gasteiger partial charge in [-0.05, 0) is 31.9 Å². The molecule has 1 aliphatic heterocycles. The Morgan fingerprint density at radius 1 is 1.19 bits per heavy atom. The number of benzene rings is 1. The quantitative estimate of drug-likeness (QED) is 0.351. The largest absolute Gasteiger partial charge is 0.489 e. The number of piperazine rings is 1. The van der Waals surface area contributed by atoms with Gasteiger partial charge in [0, 0.05) is 51.3 Å². The van der Waals surface area contributed by atoms with Gasteiger partial charge in [-0.15, -0.1) is 0 Å². The van der Waals surface area contributed by atoms with Crippen LogP contribution in [-0.2, 0) is 4.79 Å². The van der Waals surface area contributed by atoms with E-state index in [0.29, 0.717) is 25.0 Å². The number of guanidine groups is 1. The first-order chi connectivity index (χ1) is 15.1. The molecule has 0 spiro atoms. The lowest BCUT2D eigenvalue weighted by Gasteiger charge is -2.38. The number of ether oxygens (including phenoxy) is 1. The molecular formula is C22H33F2N5O2. The molecule has 2 aliphatic rings. The Bertz CT molecular complexity index is 749. The van der Waals surface area contributed by atoms with E-state index in [-0.39, 0.29) is 18.3 Å². The van der Waals surface area contributed by atoms with Crippen molar-refractivity contribution in [3.63, 3.8) is 0 Å². The summed E-state index contributed by atoms with van der Waals surface area (Å²) < 4.78 is 31.9. The number of hydrogen-bond acceptors (Lipinski definition) is 4. The highest BCUT2D eigenvalue weighted by Gasteiger charge is 2.30. The third kappa shape index (κ3) is 7.05. The molecule has 0 radical (unpaired) electrons. The van der Waals surface area contributed by atoms with Crippen LogP contribution in [0.15, 0.2) is 23.2 Å². The van der Waals surface area contributed by atoms with Gasteiger partial charge < -0.3 is 20.3 Å². The van der Waals surface area contributed by atoms with Gasteiger partial charge in [0.25, 0.3) is 0 Å². The van der Waals surface area contributed by atoms with Gasteiger partial charge in [0.15, 0.2) is 17.5 Å². The number of carbonyl (C=O) groups excluding carboxylic acids is 1. The number of amides is 1. The van der Waals surface area contributed by atoms with Gasteiger partial charge in [0.05, 0.1) is 13.1 Å². The summed E-state index contributed by atoms with van der Waals surface area (Å²) in [6, 6.07) is 3.25. The SMILES string of the molecule is CCNC(=NCCN1CCN(C(=O)C2CCC2)CC1)NCCOc1ccc(F)cc1F. The maximum absolute atomic E-state index is 13.6. The van der Waals surface area contributed by atoms with E-state index in [0.717, 1.165) is 58.2 Å². The summed E-state index contributed by atoms with van der Waals surface area (Å²) in [4.78, 5) is 21.3. The first kappa shape index (κ1) is 23.2. The zero-order valence-corrected chi connectivity index (χ0v) is 18.2. The van der Waals surface area contributed by atoms with E-state index in [9.17, 15) is 13.6 Å². The van der Waals surface area contributed by atoms with Crippen molar-refractivity contribution in [3.8, 4) is 5.75 Å². The number of aliphatic imine (C=N–C) groups is 1. The predicted octanol–water partition coefficient (Wildman–Crippen LogP) is 1.84. The fourth-order valence-corrected chi connectivity index (χ4v) is 3.67. The second-order valence-electron chi connectivity index (χ2n) is 7.91. The van der Waals surface area contributed by atoms with Crippen LogP contribution in [0.1, 0.15) is 26.2 Å². The molecule has 0 bridgehead atoms. The van der Waals surface area contributed by atoms with Crippen LogP contribution in [0.2, 0.25) is 0 Å². The third-order valence-electron chi connectivity index (χ3n) is 5.71. The maximum atomic E-state index is 13.6. The van der Waals surface area contributed by atoms with E-state index >= 15 is 0 Å². The summed E-state index contributed by atoms with van der Waals surface area (Å²) in [5.74, 6) is -0.0331. The molecule has 1 heterocycles. The number of rotatable bonds is 9. The van der Waals surface area contributed by atoms with E-state index in [4.69, 9.17) is 4.74 Å². The lowest BCUT2D eigenvalue weighted by molar-refractivity contribution is -0.139. The van der Waals surface area contributed by atoms with Crippen LogP contribution in [0, 0.1) is 17.6 Å². The van der Waals surface area contributed by atoms with Crippen molar-refractivity contribution in [1.82, 2.24) is 20.4 Å². The fraction of sp³-hybridized carbons (Fsp3) is 0.636. The topological polar surface area (TPSA) is 69.2 Å². The van der Waals surface area contributed by atoms with Crippen LogP contribution >= 0.6 is 0 Å². The van der Waals surface area contributed by atoms with Crippen molar-refractivity contribution in [2.45, 2.75) is 26.2 Å². The zero-order valence-electron chi connectivity index (χ0n) is 18.2. The first-order valence-corrected chi connectivity index (χ1v) is 11.2. The van der Waals surface area contributed by atoms with Gasteiger partial charge in [-0.25, -0.2) is 8.78 Å². The molecule has 172 valence electrons. The highest BCUT2D eigenvalue weighted by Crippen LogP contribution is 2.28. The summed E-state index contributed by atoms with van der Waals surface area (Å²) in [6.07, 6.45) is 3.29. The van der Waals surface area contributed by atoms with Gasteiger partial charge in [-0.2, -0.15) is 0 Å². The van der Waals surface area contributed by atoms with E-state index in [2.05, 4.69) is 20.5 Å². The van der Waals surface area contributed by atoms with Gasteiger partial charge >= 0.3 is 0 Å². The van der Waals surface area contributed by atoms with Crippen LogP contribution in [0.25, 0.3) is 0 Å². The summed E-state index contributed by atoms with van der Waals surface area (Å²) in [7, 11) is 0. The number of carbonyl (C=O) groups is 1. The first-order valence-electron chi connectivity index (χ1n) is 11.2. The molecule has 9 heteroatoms. The smallest absolute Gasteiger partial charge is 0.225 e.